The van der Waals surface area contributed by atoms with E-state index in [1.807, 2.05) is 11.4 Å². The van der Waals surface area contributed by atoms with Crippen LogP contribution in [0.5, 0.6) is 0 Å². The van der Waals surface area contributed by atoms with Crippen molar-refractivity contribution in [3.8, 4) is 0 Å². The van der Waals surface area contributed by atoms with Crippen LogP contribution in [0.2, 0.25) is 0 Å². The number of carboxylic acid groups (broad SMARTS) is 1. The smallest absolute Gasteiger partial charge is 0.317 e. The normalized spacial score (nSPS) is 13.2. The summed E-state index contributed by atoms with van der Waals surface area (Å²) in [6.07, 6.45) is 0.945. The quantitative estimate of drug-likeness (QED) is 0.813. The van der Waals surface area contributed by atoms with E-state index in [1.165, 1.54) is 4.88 Å². The van der Waals surface area contributed by atoms with Crippen molar-refractivity contribution in [1.29, 1.82) is 0 Å². The van der Waals surface area contributed by atoms with E-state index in [1.54, 1.807) is 11.3 Å². The van der Waals surface area contributed by atoms with Crippen molar-refractivity contribution in [2.75, 3.05) is 13.1 Å². The van der Waals surface area contributed by atoms with Gasteiger partial charge in [-0.1, -0.05) is 26.8 Å². The maximum Gasteiger partial charge on any atom is 0.317 e. The van der Waals surface area contributed by atoms with Gasteiger partial charge in [0.2, 0.25) is 0 Å². The van der Waals surface area contributed by atoms with Crippen LogP contribution in [-0.2, 0) is 4.79 Å². The van der Waals surface area contributed by atoms with Crippen LogP contribution in [0.15, 0.2) is 17.5 Å². The first-order chi connectivity index (χ1) is 8.04. The number of carboxylic acids is 1. The van der Waals surface area contributed by atoms with Crippen LogP contribution in [0, 0.1) is 5.92 Å². The van der Waals surface area contributed by atoms with Crippen molar-refractivity contribution in [3.05, 3.63) is 22.4 Å². The van der Waals surface area contributed by atoms with E-state index in [0.717, 1.165) is 13.0 Å². The Morgan fingerprint density at radius 2 is 2.24 bits per heavy atom. The third kappa shape index (κ3) is 4.48. The van der Waals surface area contributed by atoms with Crippen molar-refractivity contribution >= 4 is 17.3 Å². The van der Waals surface area contributed by atoms with Gasteiger partial charge in [0.15, 0.2) is 0 Å². The highest BCUT2D eigenvalue weighted by Gasteiger charge is 2.22. The van der Waals surface area contributed by atoms with E-state index in [4.69, 9.17) is 5.11 Å². The summed E-state index contributed by atoms with van der Waals surface area (Å²) in [7, 11) is 0. The van der Waals surface area contributed by atoms with Gasteiger partial charge in [-0.3, -0.25) is 9.69 Å². The predicted molar refractivity (Wildman–Crippen MR) is 71.4 cm³/mol. The van der Waals surface area contributed by atoms with E-state index < -0.39 is 5.97 Å². The third-order valence-corrected chi connectivity index (χ3v) is 3.61. The third-order valence-electron chi connectivity index (χ3n) is 2.64. The second kappa shape index (κ2) is 6.77. The van der Waals surface area contributed by atoms with Crippen molar-refractivity contribution in [3.63, 3.8) is 0 Å². The number of carbonyl (C=O) groups is 1. The van der Waals surface area contributed by atoms with Gasteiger partial charge in [0.1, 0.15) is 0 Å². The summed E-state index contributed by atoms with van der Waals surface area (Å²) < 4.78 is 0. The molecule has 0 aliphatic heterocycles. The zero-order valence-corrected chi connectivity index (χ0v) is 11.5. The molecule has 3 nitrogen and oxygen atoms in total. The average molecular weight is 255 g/mol. The van der Waals surface area contributed by atoms with Crippen LogP contribution in [0.1, 0.15) is 38.1 Å². The van der Waals surface area contributed by atoms with E-state index in [2.05, 4.69) is 31.7 Å². The van der Waals surface area contributed by atoms with Crippen LogP contribution in [0.25, 0.3) is 0 Å². The zero-order chi connectivity index (χ0) is 12.8. The van der Waals surface area contributed by atoms with E-state index in [0.29, 0.717) is 5.92 Å². The lowest BCUT2D eigenvalue weighted by Crippen LogP contribution is -2.35. The summed E-state index contributed by atoms with van der Waals surface area (Å²) >= 11 is 1.70. The topological polar surface area (TPSA) is 40.5 Å². The van der Waals surface area contributed by atoms with Gasteiger partial charge in [0.25, 0.3) is 0 Å². The van der Waals surface area contributed by atoms with E-state index >= 15 is 0 Å². The molecule has 1 aromatic heterocycles. The van der Waals surface area contributed by atoms with Crippen LogP contribution in [0.4, 0.5) is 0 Å². The van der Waals surface area contributed by atoms with Crippen LogP contribution in [0.3, 0.4) is 0 Å². The predicted octanol–water partition coefficient (Wildman–Crippen LogP) is 3.24. The molecule has 96 valence electrons. The van der Waals surface area contributed by atoms with Gasteiger partial charge in [-0.15, -0.1) is 11.3 Å². The fourth-order valence-corrected chi connectivity index (χ4v) is 3.01. The molecule has 17 heavy (non-hydrogen) atoms. The molecule has 0 saturated heterocycles. The summed E-state index contributed by atoms with van der Waals surface area (Å²) in [6, 6.07) is 4.35. The van der Waals surface area contributed by atoms with Crippen molar-refractivity contribution in [1.82, 2.24) is 4.90 Å². The van der Waals surface area contributed by atoms with Crippen LogP contribution >= 0.6 is 11.3 Å². The average Bonchev–Trinajstić information content (AvgIpc) is 2.70. The largest absolute Gasteiger partial charge is 0.480 e. The molecule has 0 aliphatic rings. The number of hydrogen-bond donors (Lipinski definition) is 1. The molecule has 0 spiro atoms. The zero-order valence-electron chi connectivity index (χ0n) is 10.7. The lowest BCUT2D eigenvalue weighted by Gasteiger charge is -2.30. The first kappa shape index (κ1) is 14.2. The molecule has 0 amide bonds. The molecular formula is C13H21NO2S. The molecule has 1 unspecified atom stereocenters. The number of hydrogen-bond acceptors (Lipinski definition) is 3. The van der Waals surface area contributed by atoms with Crippen LogP contribution in [-0.4, -0.2) is 29.1 Å². The van der Waals surface area contributed by atoms with Crippen LogP contribution < -0.4 is 0 Å². The number of nitrogens with zero attached hydrogens (tertiary/aromatic N) is 1. The maximum atomic E-state index is 10.9. The van der Waals surface area contributed by atoms with Gasteiger partial charge in [-0.25, -0.2) is 0 Å². The minimum atomic E-state index is -0.749. The highest BCUT2D eigenvalue weighted by molar-refractivity contribution is 7.10. The van der Waals surface area contributed by atoms with E-state index in [9.17, 15) is 4.79 Å². The molecule has 1 atom stereocenters. The fourth-order valence-electron chi connectivity index (χ4n) is 2.06. The lowest BCUT2D eigenvalue weighted by molar-refractivity contribution is -0.139. The first-order valence-electron chi connectivity index (χ1n) is 6.03. The monoisotopic (exact) mass is 255 g/mol. The second-order valence-corrected chi connectivity index (χ2v) is 5.64. The Kier molecular flexibility index (Phi) is 5.65. The number of rotatable bonds is 7. The molecule has 4 heteroatoms. The Hall–Kier alpha value is -0.870. The van der Waals surface area contributed by atoms with Gasteiger partial charge in [-0.2, -0.15) is 0 Å². The summed E-state index contributed by atoms with van der Waals surface area (Å²) in [6.45, 7) is 7.29. The lowest BCUT2D eigenvalue weighted by atomic mass is 10.1. The minimum absolute atomic E-state index is 0.120. The summed E-state index contributed by atoms with van der Waals surface area (Å²) in [4.78, 5) is 14.3. The molecule has 0 fully saturated rings. The molecule has 1 heterocycles. The van der Waals surface area contributed by atoms with Gasteiger partial charge in [-0.05, 0) is 23.8 Å². The first-order valence-corrected chi connectivity index (χ1v) is 6.91. The summed E-state index contributed by atoms with van der Waals surface area (Å²) in [5, 5.41) is 11.0. The standard InChI is InChI=1S/C13H21NO2S/c1-4-11(12-6-5-7-17-12)14(8-10(2)3)9-13(15)16/h5-7,10-11H,4,8-9H2,1-3H3,(H,15,16). The SMILES string of the molecule is CCC(c1cccs1)N(CC(=O)O)CC(C)C. The Morgan fingerprint density at radius 3 is 2.65 bits per heavy atom. The number of thiophene rings is 1. The maximum absolute atomic E-state index is 10.9. The van der Waals surface area contributed by atoms with E-state index in [-0.39, 0.29) is 12.6 Å². The Morgan fingerprint density at radius 1 is 1.53 bits per heavy atom. The highest BCUT2D eigenvalue weighted by atomic mass is 32.1. The Bertz CT molecular complexity index is 335. The molecule has 1 rings (SSSR count). The summed E-state index contributed by atoms with van der Waals surface area (Å²) in [5.41, 5.74) is 0. The van der Waals surface area contributed by atoms with Gasteiger partial charge >= 0.3 is 5.97 Å². The van der Waals surface area contributed by atoms with Crippen molar-refractivity contribution < 1.29 is 9.90 Å². The van der Waals surface area contributed by atoms with Gasteiger partial charge in [0.05, 0.1) is 6.54 Å². The molecule has 0 bridgehead atoms. The summed E-state index contributed by atoms with van der Waals surface area (Å²) in [5.74, 6) is -0.274. The number of aliphatic carboxylic acids is 1. The Balaban J connectivity index is 2.81. The molecule has 0 aliphatic carbocycles. The van der Waals surface area contributed by atoms with Gasteiger partial charge < -0.3 is 5.11 Å². The molecule has 0 aromatic carbocycles. The van der Waals surface area contributed by atoms with Crippen molar-refractivity contribution in [2.45, 2.75) is 33.2 Å². The van der Waals surface area contributed by atoms with Crippen molar-refractivity contribution in [2.24, 2.45) is 5.92 Å². The molecule has 1 aromatic rings. The Labute approximate surface area is 107 Å². The fraction of sp³-hybridized carbons (Fsp3) is 0.615. The highest BCUT2D eigenvalue weighted by Crippen LogP contribution is 2.28. The molecule has 0 saturated carbocycles. The second-order valence-electron chi connectivity index (χ2n) is 4.66. The molecule has 0 radical (unpaired) electrons. The minimum Gasteiger partial charge on any atom is -0.480 e. The molecule has 1 N–H and O–H groups in total. The molecular weight excluding hydrogens is 234 g/mol. The van der Waals surface area contributed by atoms with Gasteiger partial charge in [0, 0.05) is 17.5 Å².